The van der Waals surface area contributed by atoms with Gasteiger partial charge in [-0.1, -0.05) is 0 Å². The first-order valence-corrected chi connectivity index (χ1v) is 8.79. The van der Waals surface area contributed by atoms with E-state index in [4.69, 9.17) is 4.74 Å². The van der Waals surface area contributed by atoms with Gasteiger partial charge in [-0.15, -0.1) is 0 Å². The van der Waals surface area contributed by atoms with Crippen LogP contribution < -0.4 is 10.2 Å². The van der Waals surface area contributed by atoms with Crippen LogP contribution in [-0.2, 0) is 6.18 Å². The molecule has 0 atom stereocenters. The first-order valence-electron chi connectivity index (χ1n) is 7.97. The van der Waals surface area contributed by atoms with Gasteiger partial charge >= 0.3 is 11.2 Å². The van der Waals surface area contributed by atoms with Crippen LogP contribution in [-0.4, -0.2) is 26.9 Å². The Morgan fingerprint density at radius 3 is 2.60 bits per heavy atom. The van der Waals surface area contributed by atoms with Crippen LogP contribution in [0.4, 0.5) is 24.0 Å². The van der Waals surface area contributed by atoms with Crippen LogP contribution in [0.5, 0.6) is 10.9 Å². The summed E-state index contributed by atoms with van der Waals surface area (Å²) in [6.07, 6.45) is -1.59. The maximum Gasteiger partial charge on any atom is 0.416 e. The molecule has 2 heterocycles. The van der Waals surface area contributed by atoms with Gasteiger partial charge in [-0.3, -0.25) is 20.3 Å². The molecule has 1 N–H and O–H groups in total. The molecule has 0 aliphatic carbocycles. The lowest BCUT2D eigenvalue weighted by Crippen LogP contribution is -2.07. The van der Waals surface area contributed by atoms with Gasteiger partial charge in [0.25, 0.3) is 5.19 Å². The fraction of sp³-hybridized carbons (Fsp3) is 0.0588. The Hall–Kier alpha value is -3.87. The van der Waals surface area contributed by atoms with Crippen molar-refractivity contribution in [2.45, 2.75) is 6.18 Å². The Kier molecular flexibility index (Phi) is 6.01. The highest BCUT2D eigenvalue weighted by atomic mass is 32.1. The van der Waals surface area contributed by atoms with E-state index in [0.29, 0.717) is 5.75 Å². The third-order valence-electron chi connectivity index (χ3n) is 3.44. The fourth-order valence-corrected chi connectivity index (χ4v) is 2.67. The third-order valence-corrected chi connectivity index (χ3v) is 4.27. The molecule has 0 saturated carbocycles. The molecule has 0 radical (unpaired) electrons. The largest absolute Gasteiger partial charge is 0.431 e. The molecular formula is C17H10F3N5O4S. The maximum atomic E-state index is 12.7. The zero-order valence-corrected chi connectivity index (χ0v) is 15.5. The lowest BCUT2D eigenvalue weighted by molar-refractivity contribution is -0.380. The Morgan fingerprint density at radius 1 is 1.23 bits per heavy atom. The summed E-state index contributed by atoms with van der Waals surface area (Å²) in [6, 6.07) is 7.33. The highest BCUT2D eigenvalue weighted by Gasteiger charge is 2.30. The monoisotopic (exact) mass is 437 g/mol. The van der Waals surface area contributed by atoms with Crippen molar-refractivity contribution in [3.8, 4) is 10.9 Å². The number of hydrogen-bond acceptors (Lipinski definition) is 9. The smallest absolute Gasteiger partial charge is 0.416 e. The highest BCUT2D eigenvalue weighted by molar-refractivity contribution is 7.16. The van der Waals surface area contributed by atoms with E-state index in [9.17, 15) is 28.1 Å². The number of Topliss-reactive ketones (excluding diaryl/α,β-unsaturated/α-hetero) is 1. The van der Waals surface area contributed by atoms with Crippen LogP contribution in [0.25, 0.3) is 0 Å². The molecular weight excluding hydrogens is 427 g/mol. The molecule has 0 fully saturated rings. The number of thiazole rings is 1. The molecule has 30 heavy (non-hydrogen) atoms. The third kappa shape index (κ3) is 5.35. The Balaban J connectivity index is 1.59. The van der Waals surface area contributed by atoms with Crippen LogP contribution in [0.15, 0.2) is 53.9 Å². The first kappa shape index (κ1) is 20.9. The quantitative estimate of drug-likeness (QED) is 0.249. The van der Waals surface area contributed by atoms with Gasteiger partial charge in [0, 0.05) is 11.8 Å². The average molecular weight is 437 g/mol. The Morgan fingerprint density at radius 2 is 1.97 bits per heavy atom. The number of carbonyl (C=O) groups excluding carboxylic acids is 1. The van der Waals surface area contributed by atoms with Gasteiger partial charge in [-0.25, -0.2) is 9.97 Å². The minimum atomic E-state index is -4.52. The SMILES string of the molecule is O=C(/C=N/Nc1cc(C(F)(F)F)ccn1)c1ccc(Oc2ncc([N+](=O)[O-])s2)cc1. The van der Waals surface area contributed by atoms with Crippen LogP contribution in [0.3, 0.4) is 0 Å². The van der Waals surface area contributed by atoms with Crippen molar-refractivity contribution in [2.24, 2.45) is 5.10 Å². The summed E-state index contributed by atoms with van der Waals surface area (Å²) in [4.78, 5) is 29.6. The minimum absolute atomic E-state index is 0.0696. The number of halogens is 3. The van der Waals surface area contributed by atoms with Crippen molar-refractivity contribution in [1.82, 2.24) is 9.97 Å². The number of hydrogen-bond donors (Lipinski definition) is 1. The second kappa shape index (κ2) is 8.65. The van der Waals surface area contributed by atoms with Gasteiger partial charge < -0.3 is 4.74 Å². The number of rotatable bonds is 7. The second-order valence-electron chi connectivity index (χ2n) is 5.51. The van der Waals surface area contributed by atoms with E-state index in [2.05, 4.69) is 20.5 Å². The molecule has 1 aromatic carbocycles. The van der Waals surface area contributed by atoms with Gasteiger partial charge in [0.05, 0.1) is 16.7 Å². The van der Waals surface area contributed by atoms with Crippen molar-refractivity contribution in [3.05, 3.63) is 70.0 Å². The number of aromatic nitrogens is 2. The molecule has 0 unspecified atom stereocenters. The summed E-state index contributed by atoms with van der Waals surface area (Å²) < 4.78 is 43.3. The molecule has 154 valence electrons. The predicted molar refractivity (Wildman–Crippen MR) is 101 cm³/mol. The van der Waals surface area contributed by atoms with E-state index in [0.717, 1.165) is 42.1 Å². The average Bonchev–Trinajstić information content (AvgIpc) is 3.17. The number of alkyl halides is 3. The van der Waals surface area contributed by atoms with Crippen molar-refractivity contribution in [2.75, 3.05) is 5.43 Å². The second-order valence-corrected chi connectivity index (χ2v) is 6.48. The topological polar surface area (TPSA) is 120 Å². The molecule has 3 rings (SSSR count). The molecule has 0 aliphatic heterocycles. The van der Waals surface area contributed by atoms with Gasteiger partial charge in [-0.2, -0.15) is 18.3 Å². The van der Waals surface area contributed by atoms with Gasteiger partial charge in [-0.05, 0) is 47.7 Å². The molecule has 0 amide bonds. The summed E-state index contributed by atoms with van der Waals surface area (Å²) in [5, 5.41) is 14.1. The van der Waals surface area contributed by atoms with Crippen LogP contribution in [0.1, 0.15) is 15.9 Å². The van der Waals surface area contributed by atoms with E-state index < -0.39 is 22.4 Å². The van der Waals surface area contributed by atoms with Crippen molar-refractivity contribution < 1.29 is 27.6 Å². The van der Waals surface area contributed by atoms with E-state index in [1.165, 1.54) is 24.3 Å². The van der Waals surface area contributed by atoms with Crippen molar-refractivity contribution in [1.29, 1.82) is 0 Å². The number of benzene rings is 1. The lowest BCUT2D eigenvalue weighted by atomic mass is 10.1. The minimum Gasteiger partial charge on any atom is -0.431 e. The van der Waals surface area contributed by atoms with E-state index in [-0.39, 0.29) is 21.6 Å². The lowest BCUT2D eigenvalue weighted by Gasteiger charge is -2.07. The predicted octanol–water partition coefficient (Wildman–Crippen LogP) is 4.54. The number of ether oxygens (including phenoxy) is 1. The van der Waals surface area contributed by atoms with Crippen LogP contribution in [0.2, 0.25) is 0 Å². The number of nitrogens with one attached hydrogen (secondary N) is 1. The summed E-state index contributed by atoms with van der Waals surface area (Å²) >= 11 is 0.753. The molecule has 3 aromatic rings. The summed E-state index contributed by atoms with van der Waals surface area (Å²) in [7, 11) is 0. The standard InChI is InChI=1S/C17H10F3N5O4S/c18-17(19,20)11-5-6-21-14(7-11)24-23-8-13(26)10-1-3-12(4-2-10)29-16-22-9-15(30-16)25(27)28/h1-9H,(H,21,24)/b23-8+. The van der Waals surface area contributed by atoms with Crippen LogP contribution in [0, 0.1) is 10.1 Å². The maximum absolute atomic E-state index is 12.7. The zero-order valence-electron chi connectivity index (χ0n) is 14.7. The van der Waals surface area contributed by atoms with Gasteiger partial charge in [0.2, 0.25) is 5.78 Å². The van der Waals surface area contributed by atoms with Gasteiger partial charge in [0.15, 0.2) is 0 Å². The molecule has 0 aliphatic rings. The molecule has 0 spiro atoms. The van der Waals surface area contributed by atoms with Crippen LogP contribution >= 0.6 is 11.3 Å². The van der Waals surface area contributed by atoms with E-state index in [1.54, 1.807) is 0 Å². The first-order chi connectivity index (χ1) is 14.2. The zero-order chi connectivity index (χ0) is 21.7. The normalized spacial score (nSPS) is 11.4. The number of pyridine rings is 1. The summed E-state index contributed by atoms with van der Waals surface area (Å²) in [5.41, 5.74) is 1.60. The van der Waals surface area contributed by atoms with Crippen molar-refractivity contribution >= 4 is 34.2 Å². The number of anilines is 1. The Bertz CT molecular complexity index is 1100. The highest BCUT2D eigenvalue weighted by Crippen LogP contribution is 2.31. The van der Waals surface area contributed by atoms with E-state index in [1.807, 2.05) is 0 Å². The molecule has 2 aromatic heterocycles. The summed E-state index contributed by atoms with van der Waals surface area (Å²) in [5.74, 6) is -0.389. The molecule has 13 heteroatoms. The number of hydrazone groups is 1. The molecule has 9 nitrogen and oxygen atoms in total. The van der Waals surface area contributed by atoms with E-state index >= 15 is 0 Å². The van der Waals surface area contributed by atoms with Crippen molar-refractivity contribution in [3.63, 3.8) is 0 Å². The number of carbonyl (C=O) groups is 1. The summed E-state index contributed by atoms with van der Waals surface area (Å²) in [6.45, 7) is 0. The molecule has 0 bridgehead atoms. The fourth-order valence-electron chi connectivity index (χ4n) is 2.07. The number of ketones is 1. The number of nitro groups is 1. The van der Waals surface area contributed by atoms with Gasteiger partial charge in [0.1, 0.15) is 17.8 Å². The Labute approximate surface area is 170 Å². The molecule has 0 saturated heterocycles. The number of nitrogens with zero attached hydrogens (tertiary/aromatic N) is 4.